The van der Waals surface area contributed by atoms with Gasteiger partial charge in [0.15, 0.2) is 0 Å². The first-order valence-electron chi connectivity index (χ1n) is 8.26. The Bertz CT molecular complexity index is 849. The van der Waals surface area contributed by atoms with Crippen LogP contribution in [-0.2, 0) is 14.3 Å². The first-order valence-corrected chi connectivity index (χ1v) is 9.77. The monoisotopic (exact) mass is 466 g/mol. The fraction of sp³-hybridized carbons (Fsp3) is 0.412. The Balaban J connectivity index is 1.76. The molecule has 2 heterocycles. The second-order valence-electron chi connectivity index (χ2n) is 6.38. The van der Waals surface area contributed by atoms with Crippen molar-refractivity contribution in [1.29, 1.82) is 0 Å². The minimum Gasteiger partial charge on any atom is -0.469 e. The van der Waals surface area contributed by atoms with Crippen molar-refractivity contribution in [2.24, 2.45) is 5.92 Å². The fourth-order valence-corrected chi connectivity index (χ4v) is 4.32. The maximum atomic E-state index is 12.7. The zero-order valence-electron chi connectivity index (χ0n) is 14.6. The molecule has 0 aliphatic carbocycles. The third-order valence-corrected chi connectivity index (χ3v) is 6.66. The number of esters is 1. The summed E-state index contributed by atoms with van der Waals surface area (Å²) in [7, 11) is 1.32. The van der Waals surface area contributed by atoms with Crippen molar-refractivity contribution in [3.05, 3.63) is 31.2 Å². The van der Waals surface area contributed by atoms with Gasteiger partial charge in [0, 0.05) is 13.1 Å². The second kappa shape index (κ2) is 8.06. The van der Waals surface area contributed by atoms with E-state index in [-0.39, 0.29) is 43.1 Å². The van der Waals surface area contributed by atoms with Crippen LogP contribution in [0.2, 0.25) is 20.1 Å². The number of imide groups is 1. The summed E-state index contributed by atoms with van der Waals surface area (Å²) in [6, 6.07) is 0. The molecule has 1 aromatic rings. The van der Waals surface area contributed by atoms with Crippen LogP contribution in [0.4, 0.5) is 0 Å². The van der Waals surface area contributed by atoms with E-state index in [1.54, 1.807) is 0 Å². The minimum absolute atomic E-state index is 0.133. The lowest BCUT2D eigenvalue weighted by atomic mass is 9.97. The van der Waals surface area contributed by atoms with Crippen LogP contribution in [0, 0.1) is 5.92 Å². The zero-order chi connectivity index (χ0) is 20.7. The molecule has 0 radical (unpaired) electrons. The molecule has 0 saturated carbocycles. The second-order valence-corrected chi connectivity index (χ2v) is 7.89. The largest absolute Gasteiger partial charge is 0.469 e. The summed E-state index contributed by atoms with van der Waals surface area (Å²) in [6.45, 7) is 0.166. The van der Waals surface area contributed by atoms with E-state index in [4.69, 9.17) is 51.1 Å². The van der Waals surface area contributed by atoms with Gasteiger partial charge in [-0.15, -0.1) is 0 Å². The predicted molar refractivity (Wildman–Crippen MR) is 103 cm³/mol. The Morgan fingerprint density at radius 1 is 0.929 bits per heavy atom. The molecule has 1 aromatic carbocycles. The molecule has 0 N–H and O–H groups in total. The molecule has 0 spiro atoms. The lowest BCUT2D eigenvalue weighted by molar-refractivity contribution is -0.148. The van der Waals surface area contributed by atoms with Crippen molar-refractivity contribution >= 4 is 70.1 Å². The first kappa shape index (κ1) is 21.2. The van der Waals surface area contributed by atoms with Crippen molar-refractivity contribution in [3.8, 4) is 0 Å². The third-order valence-electron chi connectivity index (χ3n) is 4.86. The van der Waals surface area contributed by atoms with E-state index in [0.717, 1.165) is 4.90 Å². The van der Waals surface area contributed by atoms with Crippen LogP contribution >= 0.6 is 46.4 Å². The number of ether oxygens (including phenoxy) is 1. The number of hydrogen-bond acceptors (Lipinski definition) is 5. The van der Waals surface area contributed by atoms with Crippen LogP contribution in [-0.4, -0.2) is 60.2 Å². The Kier molecular flexibility index (Phi) is 6.10. The molecular formula is C17H14Cl4N2O5. The average molecular weight is 468 g/mol. The van der Waals surface area contributed by atoms with Gasteiger partial charge in [0.1, 0.15) is 6.54 Å². The number of carbonyl (C=O) groups excluding carboxylic acids is 4. The highest BCUT2D eigenvalue weighted by Crippen LogP contribution is 2.44. The molecule has 3 rings (SSSR count). The van der Waals surface area contributed by atoms with Crippen molar-refractivity contribution in [1.82, 2.24) is 9.80 Å². The quantitative estimate of drug-likeness (QED) is 0.294. The molecule has 1 saturated heterocycles. The normalized spacial score (nSPS) is 17.2. The van der Waals surface area contributed by atoms with E-state index < -0.39 is 24.3 Å². The summed E-state index contributed by atoms with van der Waals surface area (Å²) in [5.41, 5.74) is -0.327. The van der Waals surface area contributed by atoms with Crippen molar-refractivity contribution < 1.29 is 23.9 Å². The highest BCUT2D eigenvalue weighted by Gasteiger charge is 2.43. The number of fused-ring (bicyclic) bond motifs is 1. The summed E-state index contributed by atoms with van der Waals surface area (Å²) in [4.78, 5) is 51.8. The van der Waals surface area contributed by atoms with E-state index in [2.05, 4.69) is 0 Å². The molecule has 0 bridgehead atoms. The number of methoxy groups -OCH3 is 1. The molecule has 3 amide bonds. The molecule has 0 unspecified atom stereocenters. The maximum Gasteiger partial charge on any atom is 0.308 e. The lowest BCUT2D eigenvalue weighted by Crippen LogP contribution is -2.46. The molecule has 0 atom stereocenters. The summed E-state index contributed by atoms with van der Waals surface area (Å²) in [5, 5.41) is -0.630. The van der Waals surface area contributed by atoms with Crippen LogP contribution in [0.25, 0.3) is 0 Å². The molecule has 11 heteroatoms. The Labute approximate surface area is 180 Å². The van der Waals surface area contributed by atoms with Crippen molar-refractivity contribution in [3.63, 3.8) is 0 Å². The van der Waals surface area contributed by atoms with E-state index in [1.807, 2.05) is 0 Å². The van der Waals surface area contributed by atoms with Crippen LogP contribution in [0.5, 0.6) is 0 Å². The predicted octanol–water partition coefficient (Wildman–Crippen LogP) is 3.31. The highest BCUT2D eigenvalue weighted by molar-refractivity contribution is 6.55. The zero-order valence-corrected chi connectivity index (χ0v) is 17.6. The Morgan fingerprint density at radius 3 is 1.82 bits per heavy atom. The number of piperidine rings is 1. The Hall–Kier alpha value is -1.54. The molecule has 2 aliphatic heterocycles. The van der Waals surface area contributed by atoms with Crippen molar-refractivity contribution in [2.75, 3.05) is 26.7 Å². The number of benzene rings is 1. The molecule has 2 aliphatic rings. The maximum absolute atomic E-state index is 12.7. The SMILES string of the molecule is COC(=O)C1CCN(C(=O)CN2C(=O)c3c(Cl)c(Cl)c(Cl)c(Cl)c3C2=O)CC1. The molecule has 0 aromatic heterocycles. The summed E-state index contributed by atoms with van der Waals surface area (Å²) in [6.07, 6.45) is 0.896. The molecular weight excluding hydrogens is 454 g/mol. The van der Waals surface area contributed by atoms with Crippen LogP contribution in [0.15, 0.2) is 0 Å². The Morgan fingerprint density at radius 2 is 1.39 bits per heavy atom. The molecule has 150 valence electrons. The van der Waals surface area contributed by atoms with Crippen LogP contribution in [0.3, 0.4) is 0 Å². The van der Waals surface area contributed by atoms with E-state index in [0.29, 0.717) is 25.9 Å². The fourth-order valence-electron chi connectivity index (χ4n) is 3.31. The summed E-state index contributed by atoms with van der Waals surface area (Å²) >= 11 is 24.1. The van der Waals surface area contributed by atoms with E-state index in [9.17, 15) is 19.2 Å². The van der Waals surface area contributed by atoms with Crippen LogP contribution < -0.4 is 0 Å². The summed E-state index contributed by atoms with van der Waals surface area (Å²) < 4.78 is 4.71. The van der Waals surface area contributed by atoms with Gasteiger partial charge < -0.3 is 9.64 Å². The van der Waals surface area contributed by atoms with Crippen molar-refractivity contribution in [2.45, 2.75) is 12.8 Å². The van der Waals surface area contributed by atoms with Gasteiger partial charge >= 0.3 is 5.97 Å². The number of nitrogens with zero attached hydrogens (tertiary/aromatic N) is 2. The molecule has 7 nitrogen and oxygen atoms in total. The number of rotatable bonds is 3. The first-order chi connectivity index (χ1) is 13.2. The lowest BCUT2D eigenvalue weighted by Gasteiger charge is -2.31. The number of carbonyl (C=O) groups is 4. The van der Waals surface area contributed by atoms with Gasteiger partial charge in [0.25, 0.3) is 11.8 Å². The standard InChI is InChI=1S/C17H14Cl4N2O5/c1-28-17(27)7-2-4-22(5-3-7)8(24)6-23-15(25)9-10(16(23)26)12(19)14(21)13(20)11(9)18/h7H,2-6H2,1H3. The molecule has 1 fully saturated rings. The van der Waals surface area contributed by atoms with Gasteiger partial charge in [-0.05, 0) is 12.8 Å². The number of likely N-dealkylation sites (tertiary alicyclic amines) is 1. The van der Waals surface area contributed by atoms with Crippen LogP contribution in [0.1, 0.15) is 33.6 Å². The number of amides is 3. The van der Waals surface area contributed by atoms with Gasteiger partial charge in [-0.3, -0.25) is 24.1 Å². The van der Waals surface area contributed by atoms with Gasteiger partial charge in [0.05, 0.1) is 44.2 Å². The number of halogens is 4. The summed E-state index contributed by atoms with van der Waals surface area (Å²) in [5.74, 6) is -2.53. The topological polar surface area (TPSA) is 84.0 Å². The van der Waals surface area contributed by atoms with E-state index in [1.165, 1.54) is 12.0 Å². The smallest absolute Gasteiger partial charge is 0.308 e. The highest BCUT2D eigenvalue weighted by atomic mass is 35.5. The van der Waals surface area contributed by atoms with Gasteiger partial charge in [-0.25, -0.2) is 0 Å². The van der Waals surface area contributed by atoms with E-state index >= 15 is 0 Å². The third kappa shape index (κ3) is 3.45. The average Bonchev–Trinajstić information content (AvgIpc) is 2.94. The molecule has 28 heavy (non-hydrogen) atoms. The number of hydrogen-bond donors (Lipinski definition) is 0. The van der Waals surface area contributed by atoms with Gasteiger partial charge in [0.2, 0.25) is 5.91 Å². The van der Waals surface area contributed by atoms with Gasteiger partial charge in [-0.1, -0.05) is 46.4 Å². The minimum atomic E-state index is -0.761. The van der Waals surface area contributed by atoms with Gasteiger partial charge in [-0.2, -0.15) is 0 Å².